The van der Waals surface area contributed by atoms with Gasteiger partial charge in [-0.2, -0.15) is 5.10 Å². The maximum absolute atomic E-state index is 12.0. The number of H-pyrrole nitrogens is 1. The lowest BCUT2D eigenvalue weighted by Gasteiger charge is -2.08. The van der Waals surface area contributed by atoms with E-state index in [0.717, 1.165) is 24.1 Å². The van der Waals surface area contributed by atoms with Crippen LogP contribution in [0.1, 0.15) is 17.7 Å². The molecule has 0 fully saturated rings. The number of nitrogens with one attached hydrogen (secondary N) is 3. The monoisotopic (exact) mass is 340 g/mol. The van der Waals surface area contributed by atoms with Gasteiger partial charge in [0.15, 0.2) is 5.82 Å². The molecule has 0 aliphatic heterocycles. The quantitative estimate of drug-likeness (QED) is 0.591. The Bertz CT molecular complexity index is 853. The molecule has 0 atom stereocenters. The second-order valence-electron chi connectivity index (χ2n) is 5.71. The number of hydrogen-bond donors (Lipinski definition) is 3. The van der Waals surface area contributed by atoms with E-state index in [4.69, 9.17) is 0 Å². The van der Waals surface area contributed by atoms with Gasteiger partial charge in [-0.25, -0.2) is 9.48 Å². The highest BCUT2D eigenvalue weighted by atomic mass is 16.2. The number of amides is 2. The molecule has 2 amide bonds. The normalized spacial score (nSPS) is 10.6. The molecule has 3 aromatic rings. The SMILES string of the molecule is Cc1[nH]ncc1CCCNC(=O)Nc1cccc(-c2nnnn2C)c1. The number of aromatic amines is 1. The van der Waals surface area contributed by atoms with Crippen LogP contribution in [0.2, 0.25) is 0 Å². The Hall–Kier alpha value is -3.23. The van der Waals surface area contributed by atoms with Crippen LogP contribution in [0.25, 0.3) is 11.4 Å². The summed E-state index contributed by atoms with van der Waals surface area (Å²) in [5.74, 6) is 0.638. The van der Waals surface area contributed by atoms with Gasteiger partial charge in [-0.1, -0.05) is 12.1 Å². The summed E-state index contributed by atoms with van der Waals surface area (Å²) in [6.45, 7) is 2.57. The standard InChI is InChI=1S/C16H20N8O/c1-11-13(10-18-20-11)6-4-8-17-16(25)19-14-7-3-5-12(9-14)15-21-22-23-24(15)2/h3,5,7,9-10H,4,6,8H2,1-2H3,(H,18,20)(H2,17,19,25). The van der Waals surface area contributed by atoms with Crippen LogP contribution in [-0.4, -0.2) is 43.0 Å². The number of rotatable bonds is 6. The minimum Gasteiger partial charge on any atom is -0.338 e. The average Bonchev–Trinajstić information content (AvgIpc) is 3.20. The van der Waals surface area contributed by atoms with Crippen molar-refractivity contribution in [3.05, 3.63) is 41.7 Å². The van der Waals surface area contributed by atoms with E-state index in [1.54, 1.807) is 11.7 Å². The Morgan fingerprint density at radius 2 is 2.24 bits per heavy atom. The topological polar surface area (TPSA) is 113 Å². The van der Waals surface area contributed by atoms with Gasteiger partial charge in [0.05, 0.1) is 6.20 Å². The summed E-state index contributed by atoms with van der Waals surface area (Å²) in [4.78, 5) is 12.0. The van der Waals surface area contributed by atoms with Crippen molar-refractivity contribution in [2.45, 2.75) is 19.8 Å². The van der Waals surface area contributed by atoms with Crippen LogP contribution in [-0.2, 0) is 13.5 Å². The second kappa shape index (κ2) is 7.56. The largest absolute Gasteiger partial charge is 0.338 e. The maximum atomic E-state index is 12.0. The molecule has 9 heteroatoms. The van der Waals surface area contributed by atoms with Crippen molar-refractivity contribution in [3.63, 3.8) is 0 Å². The number of benzene rings is 1. The zero-order valence-electron chi connectivity index (χ0n) is 14.2. The fourth-order valence-corrected chi connectivity index (χ4v) is 2.49. The molecule has 0 saturated heterocycles. The molecule has 0 saturated carbocycles. The molecule has 0 spiro atoms. The van der Waals surface area contributed by atoms with Crippen LogP contribution in [0.4, 0.5) is 10.5 Å². The minimum absolute atomic E-state index is 0.239. The molecule has 0 radical (unpaired) electrons. The molecule has 25 heavy (non-hydrogen) atoms. The van der Waals surface area contributed by atoms with Gasteiger partial charge in [0.25, 0.3) is 0 Å². The summed E-state index contributed by atoms with van der Waals surface area (Å²) in [7, 11) is 1.77. The third-order valence-corrected chi connectivity index (χ3v) is 3.84. The van der Waals surface area contributed by atoms with Crippen molar-refractivity contribution < 1.29 is 4.79 Å². The molecule has 1 aromatic carbocycles. The average molecular weight is 340 g/mol. The van der Waals surface area contributed by atoms with E-state index in [2.05, 4.69) is 36.4 Å². The van der Waals surface area contributed by atoms with Gasteiger partial charge >= 0.3 is 6.03 Å². The fourth-order valence-electron chi connectivity index (χ4n) is 2.49. The Labute approximate surface area is 144 Å². The number of tetrazole rings is 1. The van der Waals surface area contributed by atoms with Crippen molar-refractivity contribution in [2.24, 2.45) is 7.05 Å². The fraction of sp³-hybridized carbons (Fsp3) is 0.312. The van der Waals surface area contributed by atoms with E-state index in [1.807, 2.05) is 37.4 Å². The van der Waals surface area contributed by atoms with Gasteiger partial charge in [-0.15, -0.1) is 5.10 Å². The molecule has 9 nitrogen and oxygen atoms in total. The van der Waals surface area contributed by atoms with Gasteiger partial charge in [-0.3, -0.25) is 5.10 Å². The van der Waals surface area contributed by atoms with E-state index in [1.165, 1.54) is 5.56 Å². The summed E-state index contributed by atoms with van der Waals surface area (Å²) < 4.78 is 1.58. The first kappa shape index (κ1) is 16.6. The minimum atomic E-state index is -0.239. The summed E-state index contributed by atoms with van der Waals surface area (Å²) in [6, 6.07) is 7.16. The van der Waals surface area contributed by atoms with E-state index in [9.17, 15) is 4.79 Å². The predicted molar refractivity (Wildman–Crippen MR) is 92.9 cm³/mol. The number of aromatic nitrogens is 6. The highest BCUT2D eigenvalue weighted by Gasteiger charge is 2.08. The first-order chi connectivity index (χ1) is 12.1. The van der Waals surface area contributed by atoms with Crippen molar-refractivity contribution in [2.75, 3.05) is 11.9 Å². The lowest BCUT2D eigenvalue weighted by Crippen LogP contribution is -2.29. The number of hydrogen-bond acceptors (Lipinski definition) is 5. The highest BCUT2D eigenvalue weighted by Crippen LogP contribution is 2.19. The number of carbonyl (C=O) groups is 1. The third kappa shape index (κ3) is 4.19. The first-order valence-electron chi connectivity index (χ1n) is 8.00. The Morgan fingerprint density at radius 1 is 1.36 bits per heavy atom. The van der Waals surface area contributed by atoms with E-state index in [0.29, 0.717) is 18.1 Å². The molecule has 2 aromatic heterocycles. The molecule has 3 rings (SSSR count). The molecule has 2 heterocycles. The lowest BCUT2D eigenvalue weighted by atomic mass is 10.1. The molecule has 0 unspecified atom stereocenters. The number of anilines is 1. The van der Waals surface area contributed by atoms with E-state index in [-0.39, 0.29) is 6.03 Å². The highest BCUT2D eigenvalue weighted by molar-refractivity contribution is 5.89. The van der Waals surface area contributed by atoms with Gasteiger partial charge in [0.1, 0.15) is 0 Å². The zero-order chi connectivity index (χ0) is 17.6. The predicted octanol–water partition coefficient (Wildman–Crippen LogP) is 1.66. The zero-order valence-corrected chi connectivity index (χ0v) is 14.2. The van der Waals surface area contributed by atoms with Crippen molar-refractivity contribution in [1.82, 2.24) is 35.7 Å². The maximum Gasteiger partial charge on any atom is 0.319 e. The van der Waals surface area contributed by atoms with E-state index < -0.39 is 0 Å². The van der Waals surface area contributed by atoms with Crippen LogP contribution in [0.5, 0.6) is 0 Å². The summed E-state index contributed by atoms with van der Waals surface area (Å²) >= 11 is 0. The smallest absolute Gasteiger partial charge is 0.319 e. The number of nitrogens with zero attached hydrogens (tertiary/aromatic N) is 5. The summed E-state index contributed by atoms with van der Waals surface area (Å²) in [5.41, 5.74) is 3.76. The molecular weight excluding hydrogens is 320 g/mol. The molecule has 0 aliphatic rings. The van der Waals surface area contributed by atoms with Crippen LogP contribution in [0.3, 0.4) is 0 Å². The Morgan fingerprint density at radius 3 is 2.96 bits per heavy atom. The molecule has 3 N–H and O–H groups in total. The number of urea groups is 1. The van der Waals surface area contributed by atoms with Crippen molar-refractivity contribution in [1.29, 1.82) is 0 Å². The third-order valence-electron chi connectivity index (χ3n) is 3.84. The van der Waals surface area contributed by atoms with Crippen LogP contribution in [0, 0.1) is 6.92 Å². The van der Waals surface area contributed by atoms with Gasteiger partial charge in [-0.05, 0) is 47.9 Å². The van der Waals surface area contributed by atoms with Gasteiger partial charge in [0.2, 0.25) is 0 Å². The van der Waals surface area contributed by atoms with Crippen molar-refractivity contribution >= 4 is 11.7 Å². The lowest BCUT2D eigenvalue weighted by molar-refractivity contribution is 0.252. The molecule has 0 bridgehead atoms. The Balaban J connectivity index is 1.50. The summed E-state index contributed by atoms with van der Waals surface area (Å²) in [5, 5.41) is 24.0. The van der Waals surface area contributed by atoms with Crippen molar-refractivity contribution in [3.8, 4) is 11.4 Å². The van der Waals surface area contributed by atoms with Crippen LogP contribution >= 0.6 is 0 Å². The Kier molecular flexibility index (Phi) is 5.03. The second-order valence-corrected chi connectivity index (χ2v) is 5.71. The van der Waals surface area contributed by atoms with Gasteiger partial charge < -0.3 is 10.6 Å². The molecular formula is C16H20N8O. The van der Waals surface area contributed by atoms with E-state index >= 15 is 0 Å². The molecule has 130 valence electrons. The van der Waals surface area contributed by atoms with Gasteiger partial charge in [0, 0.05) is 30.5 Å². The molecule has 0 aliphatic carbocycles. The number of carbonyl (C=O) groups excluding carboxylic acids is 1. The first-order valence-corrected chi connectivity index (χ1v) is 8.00. The summed E-state index contributed by atoms with van der Waals surface area (Å²) in [6.07, 6.45) is 3.54. The van der Waals surface area contributed by atoms with Crippen LogP contribution < -0.4 is 10.6 Å². The number of aryl methyl sites for hydroxylation is 3. The van der Waals surface area contributed by atoms with Crippen LogP contribution in [0.15, 0.2) is 30.5 Å².